The first kappa shape index (κ1) is 11.0. The van der Waals surface area contributed by atoms with E-state index in [9.17, 15) is 0 Å². The first-order chi connectivity index (χ1) is 6.23. The normalized spacial score (nSPS) is 44.8. The Labute approximate surface area is 109 Å². The molecule has 76 valence electrons. The predicted octanol–water partition coefficient (Wildman–Crippen LogP) is 4.59. The van der Waals surface area contributed by atoms with E-state index in [-0.39, 0.29) is 0 Å². The fourth-order valence-electron chi connectivity index (χ4n) is 3.22. The Morgan fingerprint density at radius 3 is 2.08 bits per heavy atom. The van der Waals surface area contributed by atoms with Crippen LogP contribution in [0.3, 0.4) is 0 Å². The molecule has 0 aromatic carbocycles. The number of fused-ring (bicyclic) bond motifs is 1. The molecule has 0 radical (unpaired) electrons. The van der Waals surface area contributed by atoms with E-state index in [0.29, 0.717) is 3.42 Å². The molecule has 2 fully saturated rings. The van der Waals surface area contributed by atoms with E-state index in [1.807, 2.05) is 0 Å². The summed E-state index contributed by atoms with van der Waals surface area (Å²) >= 11 is 5.30. The molecular formula is C11H18I2. The van der Waals surface area contributed by atoms with Crippen LogP contribution in [0.5, 0.6) is 0 Å². The minimum absolute atomic E-state index is 0.693. The Balaban J connectivity index is 1.97. The highest BCUT2D eigenvalue weighted by molar-refractivity contribution is 14.1. The van der Waals surface area contributed by atoms with Crippen molar-refractivity contribution in [2.24, 2.45) is 11.8 Å². The van der Waals surface area contributed by atoms with E-state index >= 15 is 0 Å². The lowest BCUT2D eigenvalue weighted by atomic mass is 9.82. The summed E-state index contributed by atoms with van der Waals surface area (Å²) in [5, 5.41) is 0. The Morgan fingerprint density at radius 2 is 1.62 bits per heavy atom. The van der Waals surface area contributed by atoms with Crippen molar-refractivity contribution >= 4 is 45.2 Å². The quantitative estimate of drug-likeness (QED) is 0.467. The lowest BCUT2D eigenvalue weighted by Gasteiger charge is -2.24. The third-order valence-corrected chi connectivity index (χ3v) is 5.82. The van der Waals surface area contributed by atoms with Crippen LogP contribution in [0.25, 0.3) is 0 Å². The molecule has 2 rings (SSSR count). The van der Waals surface area contributed by atoms with Crippen LogP contribution in [0.4, 0.5) is 0 Å². The van der Waals surface area contributed by atoms with Gasteiger partial charge in [-0.25, -0.2) is 0 Å². The molecule has 0 saturated heterocycles. The average Bonchev–Trinajstić information content (AvgIpc) is 2.40. The van der Waals surface area contributed by atoms with Crippen LogP contribution in [0.2, 0.25) is 0 Å². The summed E-state index contributed by atoms with van der Waals surface area (Å²) in [6, 6.07) is 0. The summed E-state index contributed by atoms with van der Waals surface area (Å²) in [4.78, 5) is 0. The van der Waals surface area contributed by atoms with E-state index < -0.39 is 0 Å². The van der Waals surface area contributed by atoms with Crippen molar-refractivity contribution in [3.8, 4) is 0 Å². The van der Waals surface area contributed by atoms with Gasteiger partial charge in [0.1, 0.15) is 0 Å². The zero-order chi connectivity index (χ0) is 9.31. The highest BCUT2D eigenvalue weighted by atomic mass is 127. The summed E-state index contributed by atoms with van der Waals surface area (Å²) < 4.78 is 2.04. The second-order valence-corrected chi connectivity index (χ2v) is 8.17. The van der Waals surface area contributed by atoms with Gasteiger partial charge in [0.2, 0.25) is 0 Å². The fraction of sp³-hybridized carbons (Fsp3) is 1.00. The summed E-state index contributed by atoms with van der Waals surface area (Å²) in [5.74, 6) is 2.21. The van der Waals surface area contributed by atoms with Gasteiger partial charge in [-0.3, -0.25) is 0 Å². The molecule has 2 aliphatic carbocycles. The summed E-state index contributed by atoms with van der Waals surface area (Å²) in [6.45, 7) is 0. The summed E-state index contributed by atoms with van der Waals surface area (Å²) in [6.07, 6.45) is 10.6. The van der Waals surface area contributed by atoms with E-state index in [1.54, 1.807) is 0 Å². The zero-order valence-electron chi connectivity index (χ0n) is 8.07. The van der Waals surface area contributed by atoms with Gasteiger partial charge >= 0.3 is 0 Å². The predicted molar refractivity (Wildman–Crippen MR) is 74.9 cm³/mol. The van der Waals surface area contributed by atoms with Gasteiger partial charge < -0.3 is 0 Å². The van der Waals surface area contributed by atoms with Crippen LogP contribution in [-0.2, 0) is 0 Å². The number of rotatable bonds is 2. The Morgan fingerprint density at radius 1 is 1.08 bits per heavy atom. The van der Waals surface area contributed by atoms with E-state index in [0.717, 1.165) is 11.8 Å². The molecule has 0 aromatic heterocycles. The molecule has 2 unspecified atom stereocenters. The molecular weight excluding hydrogens is 386 g/mol. The fourth-order valence-corrected chi connectivity index (χ4v) is 6.68. The minimum Gasteiger partial charge on any atom is -0.0863 e. The Bertz CT molecular complexity index is 165. The van der Waals surface area contributed by atoms with E-state index in [1.165, 1.54) is 49.4 Å². The molecule has 2 atom stereocenters. The van der Waals surface area contributed by atoms with Crippen molar-refractivity contribution in [3.63, 3.8) is 0 Å². The molecule has 0 N–H and O–H groups in total. The van der Waals surface area contributed by atoms with Crippen molar-refractivity contribution in [3.05, 3.63) is 0 Å². The monoisotopic (exact) mass is 404 g/mol. The highest BCUT2D eigenvalue weighted by Crippen LogP contribution is 2.52. The lowest BCUT2D eigenvalue weighted by molar-refractivity contribution is 0.277. The van der Waals surface area contributed by atoms with Gasteiger partial charge in [-0.1, -0.05) is 70.9 Å². The van der Waals surface area contributed by atoms with Crippen LogP contribution >= 0.6 is 45.2 Å². The molecule has 2 heteroatoms. The van der Waals surface area contributed by atoms with Gasteiger partial charge in [0.25, 0.3) is 0 Å². The van der Waals surface area contributed by atoms with Crippen molar-refractivity contribution in [1.82, 2.24) is 0 Å². The molecule has 0 spiro atoms. The number of hydrogen-bond donors (Lipinski definition) is 0. The van der Waals surface area contributed by atoms with Crippen molar-refractivity contribution in [2.75, 3.05) is 4.43 Å². The van der Waals surface area contributed by atoms with Crippen molar-refractivity contribution < 1.29 is 0 Å². The first-order valence-corrected chi connectivity index (χ1v) is 8.09. The summed E-state index contributed by atoms with van der Waals surface area (Å²) in [7, 11) is 0. The smallest absolute Gasteiger partial charge is 0.0235 e. The molecule has 13 heavy (non-hydrogen) atoms. The molecule has 2 aliphatic rings. The van der Waals surface area contributed by atoms with E-state index in [2.05, 4.69) is 45.2 Å². The van der Waals surface area contributed by atoms with Gasteiger partial charge in [0.15, 0.2) is 0 Å². The molecule has 2 saturated carbocycles. The number of halogens is 2. The lowest BCUT2D eigenvalue weighted by Crippen LogP contribution is -2.16. The molecule has 0 aromatic rings. The second-order valence-electron chi connectivity index (χ2n) is 4.80. The SMILES string of the molecule is ICCC1(I)CC2CCCCC2C1. The molecule has 0 nitrogen and oxygen atoms in total. The molecule has 0 amide bonds. The second kappa shape index (κ2) is 4.54. The Hall–Kier alpha value is 1.46. The third kappa shape index (κ3) is 2.52. The van der Waals surface area contributed by atoms with Gasteiger partial charge in [-0.15, -0.1) is 0 Å². The van der Waals surface area contributed by atoms with Crippen LogP contribution in [-0.4, -0.2) is 7.85 Å². The van der Waals surface area contributed by atoms with Crippen molar-refractivity contribution in [2.45, 2.75) is 48.4 Å². The van der Waals surface area contributed by atoms with Crippen LogP contribution < -0.4 is 0 Å². The van der Waals surface area contributed by atoms with Gasteiger partial charge in [-0.2, -0.15) is 0 Å². The number of hydrogen-bond acceptors (Lipinski definition) is 0. The largest absolute Gasteiger partial charge is 0.0863 e. The summed E-state index contributed by atoms with van der Waals surface area (Å²) in [5.41, 5.74) is 0. The van der Waals surface area contributed by atoms with Crippen LogP contribution in [0, 0.1) is 11.8 Å². The standard InChI is InChI=1S/C11H18I2/c12-6-5-11(13)7-9-3-1-2-4-10(9)8-11/h9-10H,1-8H2. The van der Waals surface area contributed by atoms with E-state index in [4.69, 9.17) is 0 Å². The third-order valence-electron chi connectivity index (χ3n) is 3.87. The van der Waals surface area contributed by atoms with Crippen molar-refractivity contribution in [1.29, 1.82) is 0 Å². The zero-order valence-corrected chi connectivity index (χ0v) is 12.4. The topological polar surface area (TPSA) is 0 Å². The maximum absolute atomic E-state index is 2.77. The maximum Gasteiger partial charge on any atom is 0.0235 e. The maximum atomic E-state index is 2.77. The molecule has 0 aliphatic heterocycles. The Kier molecular flexibility index (Phi) is 3.83. The van der Waals surface area contributed by atoms with Gasteiger partial charge in [0, 0.05) is 7.85 Å². The molecule has 0 bridgehead atoms. The highest BCUT2D eigenvalue weighted by Gasteiger charge is 2.43. The van der Waals surface area contributed by atoms with Crippen LogP contribution in [0.15, 0.2) is 0 Å². The van der Waals surface area contributed by atoms with Gasteiger partial charge in [-0.05, 0) is 31.1 Å². The average molecular weight is 404 g/mol. The van der Waals surface area contributed by atoms with Gasteiger partial charge in [0.05, 0.1) is 0 Å². The minimum atomic E-state index is 0.693. The first-order valence-electron chi connectivity index (χ1n) is 5.48. The van der Waals surface area contributed by atoms with Crippen LogP contribution in [0.1, 0.15) is 44.9 Å². The molecule has 0 heterocycles. The number of alkyl halides is 2.